The van der Waals surface area contributed by atoms with Crippen molar-refractivity contribution in [3.05, 3.63) is 130 Å². The largest absolute Gasteiger partial charge is 0.490 e. The van der Waals surface area contributed by atoms with Crippen molar-refractivity contribution in [3.8, 4) is 0 Å². The smallest absolute Gasteiger partial charge is 0.125 e. The molecule has 1 aromatic heterocycles. The van der Waals surface area contributed by atoms with E-state index in [1.165, 1.54) is 98.4 Å². The van der Waals surface area contributed by atoms with Crippen LogP contribution in [0.3, 0.4) is 0 Å². The van der Waals surface area contributed by atoms with Crippen LogP contribution in [0.25, 0.3) is 0 Å². The molecule has 3 heterocycles. The first kappa shape index (κ1) is 33.6. The molecule has 280 valence electrons. The topological polar surface area (TPSA) is 28.9 Å². The molecular formula is C50H58N2O2. The summed E-state index contributed by atoms with van der Waals surface area (Å²) in [6.07, 6.45) is 31.2. The molecule has 8 aliphatic rings. The number of ether oxygens (including phenoxy) is 1. The number of hydrogen-bond acceptors (Lipinski definition) is 4. The maximum Gasteiger partial charge on any atom is 0.125 e. The summed E-state index contributed by atoms with van der Waals surface area (Å²) in [5.41, 5.74) is 10.6. The fourth-order valence-electron chi connectivity index (χ4n) is 12.9. The molecule has 1 saturated carbocycles. The first-order valence-electron chi connectivity index (χ1n) is 21.9. The third kappa shape index (κ3) is 5.40. The summed E-state index contributed by atoms with van der Waals surface area (Å²) < 4.78 is 14.0. The number of nitrogens with zero attached hydrogens (tertiary/aromatic N) is 2. The molecule has 3 aromatic rings. The summed E-state index contributed by atoms with van der Waals surface area (Å²) in [7, 11) is 0. The van der Waals surface area contributed by atoms with Crippen molar-refractivity contribution < 1.29 is 9.15 Å². The van der Waals surface area contributed by atoms with E-state index < -0.39 is 0 Å². The van der Waals surface area contributed by atoms with Crippen molar-refractivity contribution in [2.45, 2.75) is 146 Å². The maximum absolute atomic E-state index is 7.19. The van der Waals surface area contributed by atoms with E-state index in [1.807, 2.05) is 0 Å². The van der Waals surface area contributed by atoms with E-state index in [2.05, 4.69) is 109 Å². The third-order valence-electron chi connectivity index (χ3n) is 15.2. The number of furan rings is 1. The number of allylic oxidation sites excluding steroid dienone is 5. The molecule has 6 aliphatic carbocycles. The van der Waals surface area contributed by atoms with Gasteiger partial charge in [0, 0.05) is 54.2 Å². The van der Waals surface area contributed by atoms with Crippen LogP contribution in [0.15, 0.2) is 101 Å². The van der Waals surface area contributed by atoms with Gasteiger partial charge in [-0.3, -0.25) is 4.90 Å². The lowest BCUT2D eigenvalue weighted by Crippen LogP contribution is -2.56. The fourth-order valence-corrected chi connectivity index (χ4v) is 12.9. The minimum absolute atomic E-state index is 0.148. The Labute approximate surface area is 323 Å². The standard InChI is InChI=1S/C50H58N2O2/c1-31-23-25-37-38-18-11-20-44(50(38)54-47(37)27-31)51(43-19-12-22-46-48(43)39-17-9-10-21-45(39)53-46)36-28-32(2)49-41(30-36)40-29-34(33-13-5-3-6-14-33)24-26-42(40)52(49)35-15-7-4-8-16-35/h3-5,7-9,12,15-17,22,24,26,29,31-33,36,41,43-44,46,48-49H,6,10-11,13-14,18-21,23,25,27-28,30H2,1-2H3/t31?,32?,33?,36?,41?,43?,44-,46?,48?,49?/m1/s1. The van der Waals surface area contributed by atoms with E-state index >= 15 is 0 Å². The van der Waals surface area contributed by atoms with Gasteiger partial charge in [0.15, 0.2) is 0 Å². The molecular weight excluding hydrogens is 661 g/mol. The van der Waals surface area contributed by atoms with Crippen LogP contribution in [0.1, 0.15) is 136 Å². The van der Waals surface area contributed by atoms with E-state index in [9.17, 15) is 0 Å². The van der Waals surface area contributed by atoms with E-state index in [0.717, 1.165) is 25.7 Å². The molecule has 0 N–H and O–H groups in total. The maximum atomic E-state index is 7.19. The summed E-state index contributed by atoms with van der Waals surface area (Å²) in [6, 6.07) is 20.6. The minimum Gasteiger partial charge on any atom is -0.490 e. The van der Waals surface area contributed by atoms with Crippen LogP contribution in [0.2, 0.25) is 0 Å². The molecule has 11 rings (SSSR count). The molecule has 2 aromatic carbocycles. The van der Waals surface area contributed by atoms with Crippen molar-refractivity contribution >= 4 is 11.4 Å². The zero-order valence-electron chi connectivity index (χ0n) is 32.5. The Bertz CT molecular complexity index is 2030. The van der Waals surface area contributed by atoms with Gasteiger partial charge >= 0.3 is 0 Å². The molecule has 1 fully saturated rings. The monoisotopic (exact) mass is 718 g/mol. The number of benzene rings is 2. The predicted molar refractivity (Wildman–Crippen MR) is 218 cm³/mol. The van der Waals surface area contributed by atoms with Crippen molar-refractivity contribution in [1.82, 2.24) is 4.90 Å². The Hall–Kier alpha value is -3.76. The Morgan fingerprint density at radius 2 is 1.76 bits per heavy atom. The van der Waals surface area contributed by atoms with E-state index in [-0.39, 0.29) is 6.10 Å². The predicted octanol–water partition coefficient (Wildman–Crippen LogP) is 12.0. The van der Waals surface area contributed by atoms with Gasteiger partial charge in [0.05, 0.1) is 6.04 Å². The van der Waals surface area contributed by atoms with E-state index in [1.54, 1.807) is 22.3 Å². The molecule has 4 nitrogen and oxygen atoms in total. The van der Waals surface area contributed by atoms with Gasteiger partial charge in [0.2, 0.25) is 0 Å². The van der Waals surface area contributed by atoms with Gasteiger partial charge in [0.25, 0.3) is 0 Å². The van der Waals surface area contributed by atoms with Gasteiger partial charge in [-0.1, -0.05) is 74.6 Å². The number of rotatable bonds is 5. The minimum atomic E-state index is 0.148. The first-order chi connectivity index (χ1) is 26.6. The molecule has 10 atom stereocenters. The fraction of sp³-hybridized carbons (Fsp3) is 0.520. The lowest BCUT2D eigenvalue weighted by Gasteiger charge is -2.52. The van der Waals surface area contributed by atoms with Gasteiger partial charge < -0.3 is 14.1 Å². The van der Waals surface area contributed by atoms with Gasteiger partial charge in [-0.25, -0.2) is 0 Å². The molecule has 2 aliphatic heterocycles. The highest BCUT2D eigenvalue weighted by atomic mass is 16.5. The van der Waals surface area contributed by atoms with Crippen LogP contribution in [-0.2, 0) is 24.0 Å². The van der Waals surface area contributed by atoms with Gasteiger partial charge in [-0.2, -0.15) is 0 Å². The van der Waals surface area contributed by atoms with Crippen LogP contribution < -0.4 is 4.90 Å². The zero-order chi connectivity index (χ0) is 35.9. The molecule has 0 bridgehead atoms. The number of fused-ring (bicyclic) bond motifs is 8. The lowest BCUT2D eigenvalue weighted by atomic mass is 9.70. The van der Waals surface area contributed by atoms with Gasteiger partial charge in [-0.05, 0) is 147 Å². The molecule has 54 heavy (non-hydrogen) atoms. The Morgan fingerprint density at radius 1 is 0.833 bits per heavy atom. The SMILES string of the molecule is CC1CCc2c(oc3c2CCC[C@H]3N(C2CC(C)C3C(C2)c2cc(C4CC=CCC4)ccc2N3c2ccccc2)C2CC=CC3OC4=C(C=CCC4)C32)C1. The molecule has 0 spiro atoms. The molecule has 4 heteroatoms. The number of anilines is 2. The Kier molecular flexibility index (Phi) is 8.37. The van der Waals surface area contributed by atoms with E-state index in [0.29, 0.717) is 53.8 Å². The first-order valence-corrected chi connectivity index (χ1v) is 21.9. The van der Waals surface area contributed by atoms with Gasteiger partial charge in [0.1, 0.15) is 23.4 Å². The second-order valence-electron chi connectivity index (χ2n) is 18.4. The van der Waals surface area contributed by atoms with Crippen molar-refractivity contribution in [1.29, 1.82) is 0 Å². The highest BCUT2D eigenvalue weighted by Gasteiger charge is 2.53. The van der Waals surface area contributed by atoms with Crippen molar-refractivity contribution in [2.24, 2.45) is 17.8 Å². The van der Waals surface area contributed by atoms with Gasteiger partial charge in [-0.15, -0.1) is 0 Å². The quantitative estimate of drug-likeness (QED) is 0.246. The summed E-state index contributed by atoms with van der Waals surface area (Å²) in [6.45, 7) is 5.00. The summed E-state index contributed by atoms with van der Waals surface area (Å²) in [5, 5.41) is 0. The third-order valence-corrected chi connectivity index (χ3v) is 15.2. The molecule has 9 unspecified atom stereocenters. The average molecular weight is 719 g/mol. The highest BCUT2D eigenvalue weighted by molar-refractivity contribution is 5.74. The van der Waals surface area contributed by atoms with Crippen molar-refractivity contribution in [3.63, 3.8) is 0 Å². The number of hydrogen-bond donors (Lipinski definition) is 0. The van der Waals surface area contributed by atoms with Crippen LogP contribution >= 0.6 is 0 Å². The summed E-state index contributed by atoms with van der Waals surface area (Å²) in [5.74, 6) is 6.68. The Balaban J connectivity index is 1.03. The summed E-state index contributed by atoms with van der Waals surface area (Å²) >= 11 is 0. The van der Waals surface area contributed by atoms with Crippen molar-refractivity contribution in [2.75, 3.05) is 4.90 Å². The zero-order valence-corrected chi connectivity index (χ0v) is 32.5. The molecule has 0 amide bonds. The number of para-hydroxylation sites is 1. The van der Waals surface area contributed by atoms with Crippen LogP contribution in [0, 0.1) is 17.8 Å². The average Bonchev–Trinajstić information content (AvgIpc) is 3.89. The second-order valence-corrected chi connectivity index (χ2v) is 18.4. The normalized spacial score (nSPS) is 34.9. The molecule has 0 radical (unpaired) electrons. The highest BCUT2D eigenvalue weighted by Crippen LogP contribution is 2.57. The molecule has 0 saturated heterocycles. The van der Waals surface area contributed by atoms with Crippen LogP contribution in [-0.4, -0.2) is 29.1 Å². The van der Waals surface area contributed by atoms with Crippen LogP contribution in [0.4, 0.5) is 11.4 Å². The van der Waals surface area contributed by atoms with E-state index in [4.69, 9.17) is 9.15 Å². The Morgan fingerprint density at radius 3 is 2.65 bits per heavy atom. The lowest BCUT2D eigenvalue weighted by molar-refractivity contribution is -0.0150. The van der Waals surface area contributed by atoms with Crippen LogP contribution in [0.5, 0.6) is 0 Å². The summed E-state index contributed by atoms with van der Waals surface area (Å²) in [4.78, 5) is 5.86. The second kappa shape index (κ2) is 13.5.